The number of pyridine rings is 1. The van der Waals surface area contributed by atoms with Gasteiger partial charge in [0, 0.05) is 29.9 Å². The van der Waals surface area contributed by atoms with E-state index in [0.717, 1.165) is 0 Å². The number of benzene rings is 1. The third-order valence-corrected chi connectivity index (χ3v) is 5.59. The van der Waals surface area contributed by atoms with Crippen LogP contribution in [-0.4, -0.2) is 47.1 Å². The van der Waals surface area contributed by atoms with Crippen LogP contribution in [0.1, 0.15) is 39.6 Å². The number of halogens is 1. The van der Waals surface area contributed by atoms with Gasteiger partial charge in [0.25, 0.3) is 11.5 Å². The van der Waals surface area contributed by atoms with Crippen LogP contribution in [-0.2, 0) is 0 Å². The van der Waals surface area contributed by atoms with Crippen LogP contribution < -0.4 is 10.9 Å². The number of carbonyl (C=O) groups is 1. The van der Waals surface area contributed by atoms with Gasteiger partial charge < -0.3 is 15.4 Å². The molecule has 3 atom stereocenters. The number of rotatable bonds is 5. The Morgan fingerprint density at radius 1 is 1.36 bits per heavy atom. The Hall–Kier alpha value is -2.51. The highest BCUT2D eigenvalue weighted by Crippen LogP contribution is 2.40. The Morgan fingerprint density at radius 2 is 2.07 bits per heavy atom. The van der Waals surface area contributed by atoms with Gasteiger partial charge in [-0.1, -0.05) is 18.2 Å². The maximum absolute atomic E-state index is 14.4. The van der Waals surface area contributed by atoms with E-state index in [9.17, 15) is 19.1 Å². The molecular weight excluding hydrogens is 361 g/mol. The minimum Gasteiger partial charge on any atom is -0.395 e. The Bertz CT molecular complexity index is 927. The van der Waals surface area contributed by atoms with Crippen molar-refractivity contribution in [1.82, 2.24) is 15.2 Å². The van der Waals surface area contributed by atoms with Crippen LogP contribution in [0.4, 0.5) is 4.39 Å². The van der Waals surface area contributed by atoms with Gasteiger partial charge in [0.1, 0.15) is 11.4 Å². The Balaban J connectivity index is 1.81. The molecule has 1 aliphatic heterocycles. The minimum atomic E-state index is -0.443. The van der Waals surface area contributed by atoms with Crippen LogP contribution in [0, 0.1) is 25.6 Å². The summed E-state index contributed by atoms with van der Waals surface area (Å²) in [4.78, 5) is 29.4. The number of amides is 1. The lowest BCUT2D eigenvalue weighted by molar-refractivity contribution is 0.0940. The molecule has 1 fully saturated rings. The van der Waals surface area contributed by atoms with E-state index >= 15 is 0 Å². The van der Waals surface area contributed by atoms with E-state index in [4.69, 9.17) is 0 Å². The molecule has 1 aromatic heterocycles. The number of aromatic amines is 1. The molecule has 7 heteroatoms. The van der Waals surface area contributed by atoms with Crippen LogP contribution in [0.5, 0.6) is 0 Å². The molecule has 2 heterocycles. The number of hydrogen-bond acceptors (Lipinski definition) is 4. The SMILES string of the molecule is Cc1cc(C)c(C(=O)NC[C@@H]2C[C@H](CO)N(C)[C@@H]2c2ccccc2F)c(=O)[nH]1. The van der Waals surface area contributed by atoms with Crippen LogP contribution in [0.25, 0.3) is 0 Å². The lowest BCUT2D eigenvalue weighted by Gasteiger charge is -2.28. The van der Waals surface area contributed by atoms with Gasteiger partial charge in [-0.3, -0.25) is 14.5 Å². The van der Waals surface area contributed by atoms with Gasteiger partial charge in [0.05, 0.1) is 6.61 Å². The molecule has 0 spiro atoms. The van der Waals surface area contributed by atoms with Gasteiger partial charge in [-0.2, -0.15) is 0 Å². The summed E-state index contributed by atoms with van der Waals surface area (Å²) in [5.74, 6) is -0.839. The molecule has 1 amide bonds. The van der Waals surface area contributed by atoms with Gasteiger partial charge >= 0.3 is 0 Å². The number of aryl methyl sites for hydroxylation is 2. The summed E-state index contributed by atoms with van der Waals surface area (Å²) in [6, 6.07) is 7.94. The molecule has 0 aliphatic carbocycles. The molecule has 0 bridgehead atoms. The first-order chi connectivity index (χ1) is 13.3. The average molecular weight is 387 g/mol. The van der Waals surface area contributed by atoms with Crippen LogP contribution in [0.3, 0.4) is 0 Å². The molecule has 3 rings (SSSR count). The third kappa shape index (κ3) is 3.86. The number of aliphatic hydroxyl groups excluding tert-OH is 1. The molecule has 3 N–H and O–H groups in total. The van der Waals surface area contributed by atoms with Gasteiger partial charge in [0.15, 0.2) is 0 Å². The van der Waals surface area contributed by atoms with Crippen molar-refractivity contribution >= 4 is 5.91 Å². The second-order valence-corrected chi connectivity index (χ2v) is 7.51. The summed E-state index contributed by atoms with van der Waals surface area (Å²) in [6.45, 7) is 3.73. The van der Waals surface area contributed by atoms with E-state index < -0.39 is 11.5 Å². The normalized spacial score (nSPS) is 22.4. The number of nitrogens with one attached hydrogen (secondary N) is 2. The Kier molecular flexibility index (Phi) is 5.96. The summed E-state index contributed by atoms with van der Waals surface area (Å²) in [6.07, 6.45) is 0.621. The van der Waals surface area contributed by atoms with Crippen LogP contribution >= 0.6 is 0 Å². The fourth-order valence-electron chi connectivity index (χ4n) is 4.24. The Morgan fingerprint density at radius 3 is 2.71 bits per heavy atom. The molecule has 150 valence electrons. The van der Waals surface area contributed by atoms with E-state index in [1.165, 1.54) is 6.07 Å². The zero-order valence-corrected chi connectivity index (χ0v) is 16.3. The van der Waals surface area contributed by atoms with Crippen molar-refractivity contribution in [1.29, 1.82) is 0 Å². The van der Waals surface area contributed by atoms with Gasteiger partial charge in [-0.05, 0) is 50.9 Å². The fraction of sp³-hybridized carbons (Fsp3) is 0.429. The van der Waals surface area contributed by atoms with Crippen molar-refractivity contribution < 1.29 is 14.3 Å². The van der Waals surface area contributed by atoms with Gasteiger partial charge in [0.2, 0.25) is 0 Å². The third-order valence-electron chi connectivity index (χ3n) is 5.59. The Labute approximate surface area is 163 Å². The zero-order chi connectivity index (χ0) is 20.4. The van der Waals surface area contributed by atoms with Gasteiger partial charge in [-0.15, -0.1) is 0 Å². The highest BCUT2D eigenvalue weighted by Gasteiger charge is 2.40. The number of carbonyl (C=O) groups excluding carboxylic acids is 1. The van der Waals surface area contributed by atoms with E-state index in [1.807, 2.05) is 11.9 Å². The molecule has 1 saturated heterocycles. The first-order valence-electron chi connectivity index (χ1n) is 9.39. The largest absolute Gasteiger partial charge is 0.395 e. The molecule has 28 heavy (non-hydrogen) atoms. The van der Waals surface area contributed by atoms with Crippen LogP contribution in [0.2, 0.25) is 0 Å². The lowest BCUT2D eigenvalue weighted by atomic mass is 9.92. The average Bonchev–Trinajstić information content (AvgIpc) is 2.95. The number of likely N-dealkylation sites (N-methyl/N-ethyl adjacent to an activating group) is 1. The van der Waals surface area contributed by atoms with Crippen molar-refractivity contribution in [2.75, 3.05) is 20.2 Å². The summed E-state index contributed by atoms with van der Waals surface area (Å²) in [5, 5.41) is 12.5. The molecule has 2 aromatic rings. The van der Waals surface area contributed by atoms with E-state index in [2.05, 4.69) is 10.3 Å². The molecule has 1 aromatic carbocycles. The predicted octanol–water partition coefficient (Wildman–Crippen LogP) is 1.91. The number of hydrogen-bond donors (Lipinski definition) is 3. The highest BCUT2D eigenvalue weighted by atomic mass is 19.1. The monoisotopic (exact) mass is 387 g/mol. The molecule has 6 nitrogen and oxygen atoms in total. The second-order valence-electron chi connectivity index (χ2n) is 7.51. The topological polar surface area (TPSA) is 85.4 Å². The molecule has 0 saturated carbocycles. The highest BCUT2D eigenvalue weighted by molar-refractivity contribution is 5.95. The number of aliphatic hydroxyl groups is 1. The first-order valence-corrected chi connectivity index (χ1v) is 9.39. The molecular formula is C21H26FN3O3. The summed E-state index contributed by atoms with van der Waals surface area (Å²) in [7, 11) is 1.86. The molecule has 0 radical (unpaired) electrons. The van der Waals surface area contributed by atoms with E-state index in [0.29, 0.717) is 23.2 Å². The van der Waals surface area contributed by atoms with E-state index in [-0.39, 0.29) is 42.5 Å². The smallest absolute Gasteiger partial charge is 0.261 e. The lowest BCUT2D eigenvalue weighted by Crippen LogP contribution is -2.36. The van der Waals surface area contributed by atoms with E-state index in [1.54, 1.807) is 38.1 Å². The van der Waals surface area contributed by atoms with Crippen molar-refractivity contribution in [3.63, 3.8) is 0 Å². The number of aromatic nitrogens is 1. The van der Waals surface area contributed by atoms with Crippen molar-refractivity contribution in [3.05, 3.63) is 68.9 Å². The maximum Gasteiger partial charge on any atom is 0.261 e. The standard InChI is InChI=1S/C21H26FN3O3/c1-12-8-13(2)24-21(28)18(12)20(27)23-10-14-9-15(11-26)25(3)19(14)16-6-4-5-7-17(16)22/h4-8,14-15,19,26H,9-11H2,1-3H3,(H,23,27)(H,24,28)/t14-,15+,19-/m0/s1. The number of nitrogens with zero attached hydrogens (tertiary/aromatic N) is 1. The zero-order valence-electron chi connectivity index (χ0n) is 16.3. The number of likely N-dealkylation sites (tertiary alicyclic amines) is 1. The molecule has 0 unspecified atom stereocenters. The summed E-state index contributed by atoms with van der Waals surface area (Å²) >= 11 is 0. The summed E-state index contributed by atoms with van der Waals surface area (Å²) in [5.41, 5.74) is 1.53. The van der Waals surface area contributed by atoms with Crippen molar-refractivity contribution in [2.24, 2.45) is 5.92 Å². The maximum atomic E-state index is 14.4. The quantitative estimate of drug-likeness (QED) is 0.732. The second kappa shape index (κ2) is 8.24. The first kappa shape index (κ1) is 20.2. The minimum absolute atomic E-state index is 0.0391. The summed E-state index contributed by atoms with van der Waals surface area (Å²) < 4.78 is 14.4. The molecule has 1 aliphatic rings. The van der Waals surface area contributed by atoms with Gasteiger partial charge in [-0.25, -0.2) is 4.39 Å². The number of H-pyrrole nitrogens is 1. The van der Waals surface area contributed by atoms with Crippen molar-refractivity contribution in [2.45, 2.75) is 32.4 Å². The fourth-order valence-corrected chi connectivity index (χ4v) is 4.24. The van der Waals surface area contributed by atoms with Crippen LogP contribution in [0.15, 0.2) is 35.1 Å². The van der Waals surface area contributed by atoms with Crippen molar-refractivity contribution in [3.8, 4) is 0 Å². The predicted molar refractivity (Wildman–Crippen MR) is 105 cm³/mol.